The minimum Gasteiger partial charge on any atom is -0.385 e. The molecule has 30 heavy (non-hydrogen) atoms. The fraction of sp³-hybridized carbons (Fsp3) is 0.333. The number of thiocarbonyl (C=S) groups is 1. The minimum absolute atomic E-state index is 0.0452. The van der Waals surface area contributed by atoms with Crippen molar-refractivity contribution in [1.82, 2.24) is 19.8 Å². The normalized spacial score (nSPS) is 18.6. The van der Waals surface area contributed by atoms with Gasteiger partial charge in [-0.3, -0.25) is 4.98 Å². The van der Waals surface area contributed by atoms with Crippen LogP contribution in [0, 0.1) is 0 Å². The molecule has 3 heterocycles. The molecule has 0 spiro atoms. The lowest BCUT2D eigenvalue weighted by Crippen LogP contribution is -2.31. The third-order valence-corrected chi connectivity index (χ3v) is 5.90. The number of nitrogens with zero attached hydrogens (tertiary/aromatic N) is 3. The van der Waals surface area contributed by atoms with Crippen molar-refractivity contribution in [2.75, 3.05) is 18.4 Å². The molecule has 1 aromatic carbocycles. The molecule has 1 aliphatic rings. The molecule has 1 fully saturated rings. The smallest absolute Gasteiger partial charge is 0.170 e. The zero-order chi connectivity index (χ0) is 20.9. The Balaban J connectivity index is 1.51. The van der Waals surface area contributed by atoms with E-state index >= 15 is 0 Å². The first-order valence-corrected chi connectivity index (χ1v) is 11.0. The highest BCUT2D eigenvalue weighted by atomic mass is 32.1. The summed E-state index contributed by atoms with van der Waals surface area (Å²) in [5, 5.41) is 7.82. The van der Waals surface area contributed by atoms with Crippen molar-refractivity contribution in [2.45, 2.75) is 38.4 Å². The molecule has 0 unspecified atom stereocenters. The molecule has 2 aromatic heterocycles. The summed E-state index contributed by atoms with van der Waals surface area (Å²) in [7, 11) is 0. The van der Waals surface area contributed by atoms with Crippen molar-refractivity contribution in [3.63, 3.8) is 0 Å². The molecule has 3 aromatic rings. The first-order chi connectivity index (χ1) is 14.6. The van der Waals surface area contributed by atoms with E-state index in [0.717, 1.165) is 36.0 Å². The number of hydrogen-bond donors (Lipinski definition) is 2. The predicted octanol–water partition coefficient (Wildman–Crippen LogP) is 4.94. The van der Waals surface area contributed by atoms with Crippen molar-refractivity contribution in [1.29, 1.82) is 0 Å². The van der Waals surface area contributed by atoms with Gasteiger partial charge in [-0.05, 0) is 68.4 Å². The Bertz CT molecular complexity index is 954. The third kappa shape index (κ3) is 4.49. The van der Waals surface area contributed by atoms with Gasteiger partial charge in [-0.15, -0.1) is 0 Å². The fourth-order valence-corrected chi connectivity index (χ4v) is 4.31. The SMILES string of the molecule is CC(C)n1ccc([C@H]2[C@@H](c3ccccn3)NC(=S)N2CCCNc2ccccc2)c1. The second-order valence-corrected chi connectivity index (χ2v) is 8.34. The molecule has 5 nitrogen and oxygen atoms in total. The Labute approximate surface area is 184 Å². The van der Waals surface area contributed by atoms with Gasteiger partial charge in [0, 0.05) is 43.4 Å². The molecule has 156 valence electrons. The van der Waals surface area contributed by atoms with E-state index in [9.17, 15) is 0 Å². The van der Waals surface area contributed by atoms with Gasteiger partial charge < -0.3 is 20.1 Å². The molecule has 1 aliphatic heterocycles. The van der Waals surface area contributed by atoms with Crippen LogP contribution in [-0.2, 0) is 0 Å². The first kappa shape index (κ1) is 20.4. The molecule has 0 bridgehead atoms. The van der Waals surface area contributed by atoms with Crippen LogP contribution in [0.1, 0.15) is 49.7 Å². The van der Waals surface area contributed by atoms with Crippen molar-refractivity contribution in [3.8, 4) is 0 Å². The summed E-state index contributed by atoms with van der Waals surface area (Å²) in [4.78, 5) is 6.94. The lowest BCUT2D eigenvalue weighted by atomic mass is 9.99. The van der Waals surface area contributed by atoms with E-state index < -0.39 is 0 Å². The first-order valence-electron chi connectivity index (χ1n) is 10.6. The number of anilines is 1. The molecule has 4 rings (SSSR count). The van der Waals surface area contributed by atoms with Crippen molar-refractivity contribution in [3.05, 3.63) is 84.4 Å². The molecule has 0 aliphatic carbocycles. The largest absolute Gasteiger partial charge is 0.385 e. The topological polar surface area (TPSA) is 45.1 Å². The maximum Gasteiger partial charge on any atom is 0.170 e. The van der Waals surface area contributed by atoms with Crippen LogP contribution in [0.25, 0.3) is 0 Å². The van der Waals surface area contributed by atoms with Gasteiger partial charge >= 0.3 is 0 Å². The van der Waals surface area contributed by atoms with Crippen LogP contribution in [-0.4, -0.2) is 32.7 Å². The summed E-state index contributed by atoms with van der Waals surface area (Å²) in [5.74, 6) is 0. The van der Waals surface area contributed by atoms with Gasteiger partial charge in [-0.1, -0.05) is 24.3 Å². The predicted molar refractivity (Wildman–Crippen MR) is 127 cm³/mol. The quantitative estimate of drug-likeness (QED) is 0.400. The highest BCUT2D eigenvalue weighted by Gasteiger charge is 2.39. The summed E-state index contributed by atoms with van der Waals surface area (Å²) in [6.45, 7) is 6.18. The molecule has 0 saturated carbocycles. The Morgan fingerprint density at radius 3 is 2.60 bits per heavy atom. The van der Waals surface area contributed by atoms with E-state index in [0.29, 0.717) is 6.04 Å². The van der Waals surface area contributed by atoms with Gasteiger partial charge in [0.25, 0.3) is 0 Å². The van der Waals surface area contributed by atoms with Gasteiger partial charge in [-0.25, -0.2) is 0 Å². The number of aromatic nitrogens is 2. The van der Waals surface area contributed by atoms with Crippen molar-refractivity contribution < 1.29 is 0 Å². The monoisotopic (exact) mass is 419 g/mol. The van der Waals surface area contributed by atoms with Crippen LogP contribution in [0.2, 0.25) is 0 Å². The average molecular weight is 420 g/mol. The molecule has 2 N–H and O–H groups in total. The maximum absolute atomic E-state index is 5.76. The lowest BCUT2D eigenvalue weighted by molar-refractivity contribution is 0.316. The van der Waals surface area contributed by atoms with Crippen molar-refractivity contribution in [2.24, 2.45) is 0 Å². The molecular weight excluding hydrogens is 390 g/mol. The standard InChI is InChI=1S/C24H29N5S/c1-18(2)28-16-12-19(17-28)23-22(21-11-6-7-13-26-21)27-24(30)29(23)15-8-14-25-20-9-4-3-5-10-20/h3-7,9-13,16-18,22-23,25H,8,14-15H2,1-2H3,(H,27,30)/t22-,23+/m1/s1. The highest BCUT2D eigenvalue weighted by molar-refractivity contribution is 7.80. The lowest BCUT2D eigenvalue weighted by Gasteiger charge is -2.27. The van der Waals surface area contributed by atoms with Crippen LogP contribution in [0.15, 0.2) is 73.2 Å². The van der Waals surface area contributed by atoms with E-state index in [1.165, 1.54) is 5.56 Å². The summed E-state index contributed by atoms with van der Waals surface area (Å²) >= 11 is 5.76. The van der Waals surface area contributed by atoms with Crippen LogP contribution in [0.4, 0.5) is 5.69 Å². The van der Waals surface area contributed by atoms with Gasteiger partial charge in [0.2, 0.25) is 0 Å². The molecular formula is C24H29N5S. The van der Waals surface area contributed by atoms with Gasteiger partial charge in [0.1, 0.15) is 0 Å². The van der Waals surface area contributed by atoms with Crippen LogP contribution in [0.5, 0.6) is 0 Å². The Morgan fingerprint density at radius 2 is 1.90 bits per heavy atom. The second kappa shape index (κ2) is 9.30. The Morgan fingerprint density at radius 1 is 1.10 bits per heavy atom. The molecule has 0 radical (unpaired) electrons. The zero-order valence-corrected chi connectivity index (χ0v) is 18.3. The highest BCUT2D eigenvalue weighted by Crippen LogP contribution is 2.38. The van der Waals surface area contributed by atoms with E-state index in [-0.39, 0.29) is 12.1 Å². The van der Waals surface area contributed by atoms with E-state index in [2.05, 4.69) is 87.7 Å². The number of rotatable bonds is 8. The Kier molecular flexibility index (Phi) is 6.33. The number of para-hydroxylation sites is 1. The molecule has 0 amide bonds. The van der Waals surface area contributed by atoms with E-state index in [1.54, 1.807) is 0 Å². The van der Waals surface area contributed by atoms with E-state index in [4.69, 9.17) is 12.2 Å². The van der Waals surface area contributed by atoms with Crippen molar-refractivity contribution >= 4 is 23.0 Å². The summed E-state index contributed by atoms with van der Waals surface area (Å²) < 4.78 is 2.25. The summed E-state index contributed by atoms with van der Waals surface area (Å²) in [6.07, 6.45) is 7.25. The van der Waals surface area contributed by atoms with Crippen LogP contribution >= 0.6 is 12.2 Å². The summed E-state index contributed by atoms with van der Waals surface area (Å²) in [5.41, 5.74) is 3.44. The number of nitrogens with one attached hydrogen (secondary N) is 2. The third-order valence-electron chi connectivity index (χ3n) is 5.55. The van der Waals surface area contributed by atoms with Crippen LogP contribution < -0.4 is 10.6 Å². The van der Waals surface area contributed by atoms with Crippen LogP contribution in [0.3, 0.4) is 0 Å². The van der Waals surface area contributed by atoms with Gasteiger partial charge in [0.05, 0.1) is 17.8 Å². The molecule has 2 atom stereocenters. The number of benzene rings is 1. The zero-order valence-electron chi connectivity index (χ0n) is 17.5. The fourth-order valence-electron chi connectivity index (χ4n) is 3.97. The second-order valence-electron chi connectivity index (χ2n) is 7.95. The minimum atomic E-state index is 0.0452. The number of pyridine rings is 1. The van der Waals surface area contributed by atoms with Gasteiger partial charge in [0.15, 0.2) is 5.11 Å². The number of hydrogen-bond acceptors (Lipinski definition) is 3. The molecule has 1 saturated heterocycles. The summed E-state index contributed by atoms with van der Waals surface area (Å²) in [6, 6.07) is 19.2. The maximum atomic E-state index is 5.76. The Hall–Kier alpha value is -2.86. The average Bonchev–Trinajstić information content (AvgIpc) is 3.37. The van der Waals surface area contributed by atoms with E-state index in [1.807, 2.05) is 24.4 Å². The van der Waals surface area contributed by atoms with Gasteiger partial charge in [-0.2, -0.15) is 0 Å². The molecule has 6 heteroatoms.